The van der Waals surface area contributed by atoms with E-state index in [1.165, 1.54) is 0 Å². The van der Waals surface area contributed by atoms with Gasteiger partial charge in [-0.2, -0.15) is 0 Å². The fourth-order valence-corrected chi connectivity index (χ4v) is 5.25. The SMILES string of the molecule is C=CCCOc1ccc(CCC2CCC(c3ccc(-c4ccc(C(C)O)cc4)c(F)c3F)CC2)cc1F. The molecule has 196 valence electrons. The summed E-state index contributed by atoms with van der Waals surface area (Å²) >= 11 is 0. The van der Waals surface area contributed by atoms with E-state index in [-0.39, 0.29) is 23.0 Å². The fraction of sp³-hybridized carbons (Fsp3) is 0.375. The van der Waals surface area contributed by atoms with E-state index in [2.05, 4.69) is 6.58 Å². The van der Waals surface area contributed by atoms with Crippen molar-refractivity contribution in [2.45, 2.75) is 63.9 Å². The van der Waals surface area contributed by atoms with Crippen LogP contribution in [-0.4, -0.2) is 11.7 Å². The molecule has 2 nitrogen and oxygen atoms in total. The van der Waals surface area contributed by atoms with E-state index in [1.54, 1.807) is 61.5 Å². The fourth-order valence-electron chi connectivity index (χ4n) is 5.25. The molecule has 0 saturated heterocycles. The maximum absolute atomic E-state index is 15.1. The lowest BCUT2D eigenvalue weighted by atomic mass is 9.76. The monoisotopic (exact) mass is 508 g/mol. The molecule has 0 amide bonds. The topological polar surface area (TPSA) is 29.5 Å². The lowest BCUT2D eigenvalue weighted by Crippen LogP contribution is -2.15. The molecule has 1 aliphatic rings. The summed E-state index contributed by atoms with van der Waals surface area (Å²) in [5.41, 5.74) is 2.95. The van der Waals surface area contributed by atoms with Crippen molar-refractivity contribution in [1.82, 2.24) is 0 Å². The second-order valence-electron chi connectivity index (χ2n) is 10.1. The molecule has 0 aromatic heterocycles. The molecule has 1 N–H and O–H groups in total. The zero-order chi connectivity index (χ0) is 26.4. The van der Waals surface area contributed by atoms with Crippen molar-refractivity contribution < 1.29 is 23.0 Å². The molecule has 1 fully saturated rings. The van der Waals surface area contributed by atoms with Gasteiger partial charge in [-0.25, -0.2) is 13.2 Å². The number of hydrogen-bond acceptors (Lipinski definition) is 2. The Morgan fingerprint density at radius 2 is 1.70 bits per heavy atom. The molecule has 0 aliphatic heterocycles. The Morgan fingerprint density at radius 1 is 0.973 bits per heavy atom. The lowest BCUT2D eigenvalue weighted by Gasteiger charge is -2.29. The summed E-state index contributed by atoms with van der Waals surface area (Å²) in [4.78, 5) is 0. The van der Waals surface area contributed by atoms with E-state index in [9.17, 15) is 9.50 Å². The van der Waals surface area contributed by atoms with Crippen LogP contribution in [0.5, 0.6) is 5.75 Å². The molecule has 0 heterocycles. The summed E-state index contributed by atoms with van der Waals surface area (Å²) in [5.74, 6) is -1.16. The third kappa shape index (κ3) is 6.64. The zero-order valence-corrected chi connectivity index (χ0v) is 21.4. The van der Waals surface area contributed by atoms with Gasteiger partial charge in [0.25, 0.3) is 0 Å². The molecule has 37 heavy (non-hydrogen) atoms. The average molecular weight is 509 g/mol. The van der Waals surface area contributed by atoms with Gasteiger partial charge in [0.05, 0.1) is 12.7 Å². The highest BCUT2D eigenvalue weighted by Crippen LogP contribution is 2.40. The molecule has 0 bridgehead atoms. The number of benzene rings is 3. The van der Waals surface area contributed by atoms with Gasteiger partial charge in [0.1, 0.15) is 0 Å². The predicted molar refractivity (Wildman–Crippen MR) is 142 cm³/mol. The van der Waals surface area contributed by atoms with Crippen LogP contribution in [0.4, 0.5) is 13.2 Å². The van der Waals surface area contributed by atoms with Gasteiger partial charge >= 0.3 is 0 Å². The molecule has 0 radical (unpaired) electrons. The van der Waals surface area contributed by atoms with Crippen LogP contribution in [0, 0.1) is 23.4 Å². The summed E-state index contributed by atoms with van der Waals surface area (Å²) < 4.78 is 49.9. The summed E-state index contributed by atoms with van der Waals surface area (Å²) in [6.07, 6.45) is 7.04. The minimum absolute atomic E-state index is 0.00172. The van der Waals surface area contributed by atoms with Crippen LogP contribution in [0.25, 0.3) is 11.1 Å². The van der Waals surface area contributed by atoms with Gasteiger partial charge in [-0.3, -0.25) is 0 Å². The van der Waals surface area contributed by atoms with Crippen LogP contribution in [0.2, 0.25) is 0 Å². The van der Waals surface area contributed by atoms with Gasteiger partial charge in [0.2, 0.25) is 0 Å². The molecule has 3 aromatic carbocycles. The summed E-state index contributed by atoms with van der Waals surface area (Å²) in [5, 5.41) is 9.67. The van der Waals surface area contributed by atoms with Crippen LogP contribution in [0.1, 0.15) is 74.2 Å². The quantitative estimate of drug-likeness (QED) is 0.219. The van der Waals surface area contributed by atoms with E-state index in [0.717, 1.165) is 49.7 Å². The summed E-state index contributed by atoms with van der Waals surface area (Å²) in [6.45, 7) is 5.71. The van der Waals surface area contributed by atoms with E-state index < -0.39 is 17.7 Å². The van der Waals surface area contributed by atoms with Crippen LogP contribution in [-0.2, 0) is 6.42 Å². The first-order valence-corrected chi connectivity index (χ1v) is 13.2. The Balaban J connectivity index is 1.32. The highest BCUT2D eigenvalue weighted by Gasteiger charge is 2.26. The van der Waals surface area contributed by atoms with Crippen LogP contribution in [0.15, 0.2) is 67.3 Å². The van der Waals surface area contributed by atoms with Gasteiger partial charge in [-0.15, -0.1) is 6.58 Å². The van der Waals surface area contributed by atoms with Crippen molar-refractivity contribution in [3.63, 3.8) is 0 Å². The minimum atomic E-state index is -0.816. The molecular weight excluding hydrogens is 473 g/mol. The Kier molecular flexibility index (Phi) is 9.09. The predicted octanol–water partition coefficient (Wildman–Crippen LogP) is 8.69. The van der Waals surface area contributed by atoms with Crippen molar-refractivity contribution in [1.29, 1.82) is 0 Å². The van der Waals surface area contributed by atoms with Gasteiger partial charge in [-0.05, 0) is 98.1 Å². The molecule has 1 unspecified atom stereocenters. The third-order valence-electron chi connectivity index (χ3n) is 7.52. The smallest absolute Gasteiger partial charge is 0.166 e. The number of aliphatic hydroxyl groups excluding tert-OH is 1. The minimum Gasteiger partial charge on any atom is -0.490 e. The van der Waals surface area contributed by atoms with E-state index in [0.29, 0.717) is 30.1 Å². The number of aryl methyl sites for hydroxylation is 1. The second-order valence-corrected chi connectivity index (χ2v) is 10.1. The van der Waals surface area contributed by atoms with Crippen LogP contribution < -0.4 is 4.74 Å². The van der Waals surface area contributed by atoms with Crippen molar-refractivity contribution in [2.24, 2.45) is 5.92 Å². The summed E-state index contributed by atoms with van der Waals surface area (Å²) in [6, 6.07) is 15.4. The number of hydrogen-bond donors (Lipinski definition) is 1. The Hall–Kier alpha value is -3.05. The maximum atomic E-state index is 15.1. The molecule has 1 atom stereocenters. The largest absolute Gasteiger partial charge is 0.490 e. The molecule has 0 spiro atoms. The Morgan fingerprint density at radius 3 is 2.35 bits per heavy atom. The standard InChI is InChI=1S/C32H35F3O2/c1-3-4-19-37-30-18-9-23(20-29(30)33)6-5-22-7-10-25(11-8-22)27-16-17-28(32(35)31(27)34)26-14-12-24(13-15-26)21(2)36/h3,9,12-18,20-22,25,36H,1,4-8,10-11,19H2,2H3. The van der Waals surface area contributed by atoms with Crippen LogP contribution in [0.3, 0.4) is 0 Å². The average Bonchev–Trinajstić information content (AvgIpc) is 2.91. The second kappa shape index (κ2) is 12.5. The van der Waals surface area contributed by atoms with Gasteiger partial charge in [0.15, 0.2) is 23.2 Å². The molecule has 1 aliphatic carbocycles. The number of halogens is 3. The first-order valence-electron chi connectivity index (χ1n) is 13.2. The molecule has 4 rings (SSSR count). The normalized spacial score (nSPS) is 18.4. The van der Waals surface area contributed by atoms with Crippen LogP contribution >= 0.6 is 0 Å². The first kappa shape index (κ1) is 27.0. The van der Waals surface area contributed by atoms with Crippen molar-refractivity contribution >= 4 is 0 Å². The third-order valence-corrected chi connectivity index (χ3v) is 7.52. The molecule has 3 aromatic rings. The van der Waals surface area contributed by atoms with Gasteiger partial charge in [0, 0.05) is 5.56 Å². The van der Waals surface area contributed by atoms with E-state index >= 15 is 8.78 Å². The van der Waals surface area contributed by atoms with Crippen molar-refractivity contribution in [3.8, 4) is 16.9 Å². The number of ether oxygens (including phenoxy) is 1. The Bertz CT molecular complexity index is 1200. The highest BCUT2D eigenvalue weighted by molar-refractivity contribution is 5.65. The number of aliphatic hydroxyl groups is 1. The highest BCUT2D eigenvalue weighted by atomic mass is 19.2. The molecule has 5 heteroatoms. The number of rotatable bonds is 10. The molecule has 1 saturated carbocycles. The van der Waals surface area contributed by atoms with Gasteiger partial charge < -0.3 is 9.84 Å². The zero-order valence-electron chi connectivity index (χ0n) is 21.4. The van der Waals surface area contributed by atoms with Gasteiger partial charge in [-0.1, -0.05) is 48.5 Å². The lowest BCUT2D eigenvalue weighted by molar-refractivity contribution is 0.199. The van der Waals surface area contributed by atoms with Crippen molar-refractivity contribution in [3.05, 3.63) is 101 Å². The maximum Gasteiger partial charge on any atom is 0.166 e. The first-order chi connectivity index (χ1) is 17.9. The summed E-state index contributed by atoms with van der Waals surface area (Å²) in [7, 11) is 0. The van der Waals surface area contributed by atoms with E-state index in [4.69, 9.17) is 4.74 Å². The van der Waals surface area contributed by atoms with E-state index in [1.807, 2.05) is 6.07 Å². The van der Waals surface area contributed by atoms with Crippen molar-refractivity contribution in [2.75, 3.05) is 6.61 Å². The Labute approximate surface area is 217 Å². The molecular formula is C32H35F3O2.